The Morgan fingerprint density at radius 1 is 1.13 bits per heavy atom. The molecule has 45 heavy (non-hydrogen) atoms. The molecule has 6 N–H and O–H groups in total. The molecule has 0 radical (unpaired) electrons. The van der Waals surface area contributed by atoms with Gasteiger partial charge in [0.25, 0.3) is 0 Å². The fourth-order valence-electron chi connectivity index (χ4n) is 12.5. The van der Waals surface area contributed by atoms with Crippen LogP contribution < -0.4 is 22.0 Å². The Morgan fingerprint density at radius 3 is 2.56 bits per heavy atom. The quantitative estimate of drug-likeness (QED) is 0.275. The van der Waals surface area contributed by atoms with E-state index in [0.29, 0.717) is 42.8 Å². The molecule has 2 bridgehead atoms. The summed E-state index contributed by atoms with van der Waals surface area (Å²) in [5, 5.41) is 20.8. The number of fused-ring (bicyclic) bond motifs is 3. The van der Waals surface area contributed by atoms with Crippen LogP contribution in [0.4, 0.5) is 0 Å². The summed E-state index contributed by atoms with van der Waals surface area (Å²) in [5.74, 6) is 0.882. The van der Waals surface area contributed by atoms with E-state index in [9.17, 15) is 9.90 Å². The molecule has 0 aromatic carbocycles. The van der Waals surface area contributed by atoms with E-state index in [0.717, 1.165) is 58.0 Å². The van der Waals surface area contributed by atoms with E-state index in [2.05, 4.69) is 75.9 Å². The van der Waals surface area contributed by atoms with Crippen LogP contribution in [0.5, 0.6) is 0 Å². The number of carboxylic acid groups (broad SMARTS) is 1. The van der Waals surface area contributed by atoms with Gasteiger partial charge in [0, 0.05) is 17.4 Å². The lowest BCUT2D eigenvalue weighted by Crippen LogP contribution is -2.73. The van der Waals surface area contributed by atoms with Crippen LogP contribution in [0.25, 0.3) is 0 Å². The zero-order chi connectivity index (χ0) is 32.2. The SMILES string of the molecule is CC(C)[C@@H](C)[C@@]1(C)CC[C@]2(C)[C@H]3CC[C@@H]4[C@@]5(COC[C@@]4(C)[C@@H](OC4CCNC4)[C@H](N4NN=C(N)N4)C5)C3=CC[C@@]2(C)[C@@H]1C(=O)O. The third kappa shape index (κ3) is 4.26. The van der Waals surface area contributed by atoms with Crippen molar-refractivity contribution in [2.75, 3.05) is 26.3 Å². The Kier molecular flexibility index (Phi) is 7.44. The molecule has 3 aliphatic heterocycles. The number of ether oxygens (including phenoxy) is 2. The fourth-order valence-corrected chi connectivity index (χ4v) is 12.5. The van der Waals surface area contributed by atoms with Crippen molar-refractivity contribution in [3.8, 4) is 0 Å². The first-order valence-electron chi connectivity index (χ1n) is 17.7. The van der Waals surface area contributed by atoms with Crippen LogP contribution in [0, 0.1) is 56.7 Å². The molecule has 7 rings (SSSR count). The lowest BCUT2D eigenvalue weighted by atomic mass is 9.34. The van der Waals surface area contributed by atoms with E-state index >= 15 is 0 Å². The largest absolute Gasteiger partial charge is 0.481 e. The Hall–Kier alpha value is -1.88. The van der Waals surface area contributed by atoms with E-state index < -0.39 is 11.9 Å². The third-order valence-corrected chi connectivity index (χ3v) is 15.3. The van der Waals surface area contributed by atoms with E-state index in [1.165, 1.54) is 5.57 Å². The minimum Gasteiger partial charge on any atom is -0.481 e. The van der Waals surface area contributed by atoms with Gasteiger partial charge in [-0.05, 0) is 91.4 Å². The molecule has 10 nitrogen and oxygen atoms in total. The molecule has 12 atom stereocenters. The van der Waals surface area contributed by atoms with Crippen molar-refractivity contribution in [2.45, 2.75) is 112 Å². The number of guanidine groups is 1. The third-order valence-electron chi connectivity index (χ3n) is 15.3. The lowest BCUT2D eigenvalue weighted by Gasteiger charge is -2.71. The fraction of sp³-hybridized carbons (Fsp3) is 0.886. The Labute approximate surface area is 269 Å². The van der Waals surface area contributed by atoms with Gasteiger partial charge in [-0.15, -0.1) is 10.2 Å². The molecular weight excluding hydrogens is 568 g/mol. The van der Waals surface area contributed by atoms with Crippen LogP contribution in [0.2, 0.25) is 0 Å². The summed E-state index contributed by atoms with van der Waals surface area (Å²) < 4.78 is 13.7. The van der Waals surface area contributed by atoms with Gasteiger partial charge in [-0.1, -0.05) is 60.1 Å². The molecule has 3 heterocycles. The van der Waals surface area contributed by atoms with Crippen LogP contribution in [-0.2, 0) is 14.3 Å². The first-order chi connectivity index (χ1) is 21.2. The van der Waals surface area contributed by atoms with Gasteiger partial charge in [0.15, 0.2) is 0 Å². The summed E-state index contributed by atoms with van der Waals surface area (Å²) in [5.41, 5.74) is 13.1. The van der Waals surface area contributed by atoms with Gasteiger partial charge in [-0.2, -0.15) is 0 Å². The number of hydrazine groups is 2. The van der Waals surface area contributed by atoms with E-state index in [1.54, 1.807) is 0 Å². The minimum absolute atomic E-state index is 0.00498. The number of carboxylic acids is 1. The van der Waals surface area contributed by atoms with Crippen LogP contribution in [0.1, 0.15) is 93.4 Å². The summed E-state index contributed by atoms with van der Waals surface area (Å²) in [6.07, 6.45) is 9.54. The van der Waals surface area contributed by atoms with Gasteiger partial charge in [0.1, 0.15) is 0 Å². The molecule has 5 fully saturated rings. The van der Waals surface area contributed by atoms with E-state index in [4.69, 9.17) is 15.2 Å². The second-order valence-corrected chi connectivity index (χ2v) is 17.4. The highest BCUT2D eigenvalue weighted by Crippen LogP contribution is 2.75. The summed E-state index contributed by atoms with van der Waals surface area (Å²) in [6.45, 7) is 19.5. The van der Waals surface area contributed by atoms with Crippen LogP contribution >= 0.6 is 0 Å². The van der Waals surface area contributed by atoms with Crippen molar-refractivity contribution in [2.24, 2.45) is 67.5 Å². The zero-order valence-electron chi connectivity index (χ0n) is 28.6. The molecule has 0 aromatic rings. The van der Waals surface area contributed by atoms with Crippen molar-refractivity contribution < 1.29 is 19.4 Å². The van der Waals surface area contributed by atoms with Gasteiger partial charge in [0.05, 0.1) is 37.4 Å². The highest BCUT2D eigenvalue weighted by Gasteiger charge is 2.72. The Balaban J connectivity index is 1.30. The standard InChI is InChI=1S/C35H58N6O4/c1-20(2)21(3)31(4)13-14-33(6)23-8-9-26-32(5)18-44-19-35(26,24(23)10-12-34(33,7)27(31)29(42)43)16-25(41-39-30(36)38-40-41)28(32)45-22-11-15-37-17-22/h10,20-23,25-28,37,40H,8-9,11-19H2,1-7H3,(H,42,43)(H3,36,38,39)/t21-,22?,23+,25-,26+,27-,28+,31-,32-,33-,34+,35+/m1/s1. The number of aliphatic carboxylic acids is 1. The number of rotatable bonds is 6. The highest BCUT2D eigenvalue weighted by molar-refractivity contribution is 5.78. The zero-order valence-corrected chi connectivity index (χ0v) is 28.6. The maximum atomic E-state index is 13.4. The predicted molar refractivity (Wildman–Crippen MR) is 173 cm³/mol. The van der Waals surface area contributed by atoms with Crippen molar-refractivity contribution >= 4 is 11.9 Å². The molecule has 7 aliphatic rings. The summed E-state index contributed by atoms with van der Waals surface area (Å²) >= 11 is 0. The van der Waals surface area contributed by atoms with E-state index in [-0.39, 0.29) is 45.3 Å². The number of hydrogen-bond donors (Lipinski definition) is 5. The molecule has 0 aromatic heterocycles. The van der Waals surface area contributed by atoms with Gasteiger partial charge >= 0.3 is 5.97 Å². The number of hydrogen-bond acceptors (Lipinski definition) is 9. The maximum absolute atomic E-state index is 13.4. The average Bonchev–Trinajstić information content (AvgIpc) is 3.66. The molecule has 10 heteroatoms. The van der Waals surface area contributed by atoms with Crippen molar-refractivity contribution in [1.82, 2.24) is 21.4 Å². The van der Waals surface area contributed by atoms with Gasteiger partial charge in [-0.3, -0.25) is 10.2 Å². The number of nitrogens with two attached hydrogens (primary N) is 1. The number of carbonyl (C=O) groups is 1. The number of allylic oxidation sites excluding steroid dienone is 1. The molecule has 2 saturated heterocycles. The molecule has 0 spiro atoms. The number of nitrogens with one attached hydrogen (secondary N) is 3. The van der Waals surface area contributed by atoms with E-state index in [1.807, 2.05) is 5.12 Å². The van der Waals surface area contributed by atoms with Crippen LogP contribution in [0.15, 0.2) is 16.8 Å². The Morgan fingerprint density at radius 2 is 1.91 bits per heavy atom. The number of nitrogens with zero attached hydrogens (tertiary/aromatic N) is 2. The molecule has 3 saturated carbocycles. The van der Waals surface area contributed by atoms with Crippen molar-refractivity contribution in [3.05, 3.63) is 11.6 Å². The molecular formula is C35H58N6O4. The normalized spacial score (nSPS) is 50.0. The van der Waals surface area contributed by atoms with Crippen molar-refractivity contribution in [1.29, 1.82) is 0 Å². The number of hydrazone groups is 1. The first kappa shape index (κ1) is 31.7. The summed E-state index contributed by atoms with van der Waals surface area (Å²) in [4.78, 5) is 13.4. The van der Waals surface area contributed by atoms with Gasteiger partial charge in [-0.25, -0.2) is 5.53 Å². The molecule has 4 aliphatic carbocycles. The highest BCUT2D eigenvalue weighted by atomic mass is 16.5. The van der Waals surface area contributed by atoms with Crippen LogP contribution in [0.3, 0.4) is 0 Å². The molecule has 1 unspecified atom stereocenters. The monoisotopic (exact) mass is 626 g/mol. The minimum atomic E-state index is -0.612. The first-order valence-corrected chi connectivity index (χ1v) is 17.7. The molecule has 252 valence electrons. The van der Waals surface area contributed by atoms with Gasteiger partial charge < -0.3 is 25.6 Å². The summed E-state index contributed by atoms with van der Waals surface area (Å²) in [7, 11) is 0. The van der Waals surface area contributed by atoms with Gasteiger partial charge in [0.2, 0.25) is 5.96 Å². The topological polar surface area (TPSA) is 133 Å². The maximum Gasteiger partial charge on any atom is 0.307 e. The Bertz CT molecular complexity index is 1270. The lowest BCUT2D eigenvalue weighted by molar-refractivity contribution is -0.265. The summed E-state index contributed by atoms with van der Waals surface area (Å²) in [6, 6.07) is -0.00498. The predicted octanol–water partition coefficient (Wildman–Crippen LogP) is 4.25. The average molecular weight is 627 g/mol. The smallest absolute Gasteiger partial charge is 0.307 e. The van der Waals surface area contributed by atoms with Crippen molar-refractivity contribution in [3.63, 3.8) is 0 Å². The second kappa shape index (κ2) is 10.6. The van der Waals surface area contributed by atoms with Crippen LogP contribution in [-0.4, -0.2) is 66.7 Å². The second-order valence-electron chi connectivity index (χ2n) is 17.4. The molecule has 0 amide bonds.